The Balaban J connectivity index is 1.29. The highest BCUT2D eigenvalue weighted by atomic mass is 32.2. The molecular formula is C25H31N5O2S2. The molecule has 1 unspecified atom stereocenters. The van der Waals surface area contributed by atoms with E-state index in [-0.39, 0.29) is 23.6 Å². The Hall–Kier alpha value is -2.62. The third-order valence-electron chi connectivity index (χ3n) is 6.13. The van der Waals surface area contributed by atoms with E-state index in [1.807, 2.05) is 17.8 Å². The Labute approximate surface area is 209 Å². The van der Waals surface area contributed by atoms with Gasteiger partial charge in [-0.3, -0.25) is 14.5 Å². The summed E-state index contributed by atoms with van der Waals surface area (Å²) in [6.07, 6.45) is 5.95. The van der Waals surface area contributed by atoms with Crippen LogP contribution in [0.15, 0.2) is 59.3 Å². The number of benzene rings is 1. The Morgan fingerprint density at radius 1 is 1.21 bits per heavy atom. The van der Waals surface area contributed by atoms with Crippen molar-refractivity contribution in [1.82, 2.24) is 19.8 Å². The van der Waals surface area contributed by atoms with Crippen molar-refractivity contribution in [2.45, 2.75) is 31.0 Å². The maximum absolute atomic E-state index is 12.8. The summed E-state index contributed by atoms with van der Waals surface area (Å²) < 4.78 is 1.88. The van der Waals surface area contributed by atoms with Gasteiger partial charge in [0.2, 0.25) is 5.91 Å². The lowest BCUT2D eigenvalue weighted by Gasteiger charge is -2.36. The molecule has 180 valence electrons. The highest BCUT2D eigenvalue weighted by molar-refractivity contribution is 7.99. The van der Waals surface area contributed by atoms with Crippen LogP contribution in [0.4, 0.5) is 5.69 Å². The molecular weight excluding hydrogens is 466 g/mol. The summed E-state index contributed by atoms with van der Waals surface area (Å²) >= 11 is 3.13. The van der Waals surface area contributed by atoms with Crippen LogP contribution in [-0.4, -0.2) is 51.7 Å². The van der Waals surface area contributed by atoms with Crippen molar-refractivity contribution < 1.29 is 9.59 Å². The number of hydrogen-bond donors (Lipinski definition) is 2. The fourth-order valence-corrected chi connectivity index (χ4v) is 5.64. The van der Waals surface area contributed by atoms with Crippen LogP contribution < -0.4 is 10.6 Å². The SMILES string of the molecule is CC1CCN(C(CNC(=O)c2ccc(NC(=O)CSc3nccn3C)cc2)c2cccs2)CC1. The average molecular weight is 498 g/mol. The number of anilines is 1. The molecule has 1 fully saturated rings. The van der Waals surface area contributed by atoms with Crippen molar-refractivity contribution in [2.75, 3.05) is 30.7 Å². The number of thiophene rings is 1. The number of nitrogens with zero attached hydrogens (tertiary/aromatic N) is 3. The van der Waals surface area contributed by atoms with Crippen molar-refractivity contribution in [1.29, 1.82) is 0 Å². The van der Waals surface area contributed by atoms with Crippen LogP contribution in [0.2, 0.25) is 0 Å². The van der Waals surface area contributed by atoms with Crippen LogP contribution in [0.25, 0.3) is 0 Å². The number of nitrogens with one attached hydrogen (secondary N) is 2. The summed E-state index contributed by atoms with van der Waals surface area (Å²) in [6.45, 7) is 5.01. The molecule has 1 aromatic carbocycles. The number of likely N-dealkylation sites (tertiary alicyclic amines) is 1. The number of imidazole rings is 1. The fourth-order valence-electron chi connectivity index (χ4n) is 4.05. The number of rotatable bonds is 9. The predicted octanol–water partition coefficient (Wildman–Crippen LogP) is 4.42. The van der Waals surface area contributed by atoms with Crippen LogP contribution in [0, 0.1) is 5.92 Å². The molecule has 0 bridgehead atoms. The molecule has 2 N–H and O–H groups in total. The summed E-state index contributed by atoms with van der Waals surface area (Å²) in [6, 6.07) is 11.5. The van der Waals surface area contributed by atoms with Gasteiger partial charge in [0.25, 0.3) is 5.91 Å². The summed E-state index contributed by atoms with van der Waals surface area (Å²) in [5.41, 5.74) is 1.25. The summed E-state index contributed by atoms with van der Waals surface area (Å²) in [4.78, 5) is 33.1. The van der Waals surface area contributed by atoms with Gasteiger partial charge in [-0.2, -0.15) is 0 Å². The molecule has 2 aromatic heterocycles. The molecule has 0 spiro atoms. The fraction of sp³-hybridized carbons (Fsp3) is 0.400. The van der Waals surface area contributed by atoms with E-state index in [2.05, 4.69) is 45.0 Å². The largest absolute Gasteiger partial charge is 0.350 e. The molecule has 4 rings (SSSR count). The Morgan fingerprint density at radius 2 is 1.97 bits per heavy atom. The zero-order valence-corrected chi connectivity index (χ0v) is 21.2. The quantitative estimate of drug-likeness (QED) is 0.428. The van der Waals surface area contributed by atoms with Crippen LogP contribution in [-0.2, 0) is 11.8 Å². The van der Waals surface area contributed by atoms with Crippen molar-refractivity contribution in [2.24, 2.45) is 13.0 Å². The third-order valence-corrected chi connectivity index (χ3v) is 8.16. The minimum atomic E-state index is -0.111. The standard InChI is InChI=1S/C25H31N5O2S2/c1-18-9-12-30(13-10-18)21(22-4-3-15-33-22)16-27-24(32)19-5-7-20(8-6-19)28-23(31)17-34-25-26-11-14-29(25)2/h3-8,11,14-15,18,21H,9-10,12-13,16-17H2,1-2H3,(H,27,32)(H,28,31). The first-order valence-corrected chi connectivity index (χ1v) is 13.4. The normalized spacial score (nSPS) is 15.7. The number of aryl methyl sites for hydroxylation is 1. The Kier molecular flexibility index (Phi) is 8.42. The Bertz CT molecular complexity index is 1070. The zero-order chi connectivity index (χ0) is 23.9. The average Bonchev–Trinajstić information content (AvgIpc) is 3.51. The third kappa shape index (κ3) is 6.49. The second kappa shape index (κ2) is 11.7. The zero-order valence-electron chi connectivity index (χ0n) is 19.6. The smallest absolute Gasteiger partial charge is 0.251 e. The molecule has 3 aromatic rings. The minimum absolute atomic E-state index is 0.102. The van der Waals surface area contributed by atoms with Gasteiger partial charge >= 0.3 is 0 Å². The lowest BCUT2D eigenvalue weighted by atomic mass is 9.97. The van der Waals surface area contributed by atoms with Gasteiger partial charge in [0.15, 0.2) is 5.16 Å². The molecule has 0 aliphatic carbocycles. The van der Waals surface area contributed by atoms with E-state index in [4.69, 9.17) is 0 Å². The first kappa shape index (κ1) is 24.5. The number of aromatic nitrogens is 2. The molecule has 1 aliphatic rings. The molecule has 1 saturated heterocycles. The molecule has 1 atom stereocenters. The monoisotopic (exact) mass is 497 g/mol. The molecule has 9 heteroatoms. The Morgan fingerprint density at radius 3 is 2.62 bits per heavy atom. The highest BCUT2D eigenvalue weighted by Gasteiger charge is 2.25. The van der Waals surface area contributed by atoms with Gasteiger partial charge in [0.05, 0.1) is 11.8 Å². The molecule has 3 heterocycles. The van der Waals surface area contributed by atoms with Gasteiger partial charge < -0.3 is 15.2 Å². The van der Waals surface area contributed by atoms with E-state index in [0.717, 1.165) is 24.2 Å². The predicted molar refractivity (Wildman–Crippen MR) is 138 cm³/mol. The lowest BCUT2D eigenvalue weighted by Crippen LogP contribution is -2.41. The van der Waals surface area contributed by atoms with Crippen LogP contribution >= 0.6 is 23.1 Å². The van der Waals surface area contributed by atoms with E-state index in [1.165, 1.54) is 29.5 Å². The van der Waals surface area contributed by atoms with Gasteiger partial charge in [0, 0.05) is 42.1 Å². The number of piperidine rings is 1. The molecule has 0 radical (unpaired) electrons. The van der Waals surface area contributed by atoms with E-state index in [0.29, 0.717) is 17.8 Å². The van der Waals surface area contributed by atoms with Gasteiger partial charge in [-0.1, -0.05) is 24.8 Å². The molecule has 7 nitrogen and oxygen atoms in total. The number of carbonyl (C=O) groups is 2. The topological polar surface area (TPSA) is 79.3 Å². The van der Waals surface area contributed by atoms with Gasteiger partial charge in [0.1, 0.15) is 0 Å². The van der Waals surface area contributed by atoms with Crippen molar-refractivity contribution in [3.63, 3.8) is 0 Å². The van der Waals surface area contributed by atoms with Gasteiger partial charge in [-0.25, -0.2) is 4.98 Å². The maximum Gasteiger partial charge on any atom is 0.251 e. The number of hydrogen-bond acceptors (Lipinski definition) is 6. The number of amides is 2. The first-order chi connectivity index (χ1) is 16.5. The van der Waals surface area contributed by atoms with Crippen molar-refractivity contribution >= 4 is 40.6 Å². The first-order valence-electron chi connectivity index (χ1n) is 11.6. The van der Waals surface area contributed by atoms with Crippen molar-refractivity contribution in [3.05, 3.63) is 64.6 Å². The van der Waals surface area contributed by atoms with E-state index >= 15 is 0 Å². The van der Waals surface area contributed by atoms with E-state index in [9.17, 15) is 9.59 Å². The molecule has 34 heavy (non-hydrogen) atoms. The van der Waals surface area contributed by atoms with E-state index in [1.54, 1.807) is 41.8 Å². The lowest BCUT2D eigenvalue weighted by molar-refractivity contribution is -0.113. The molecule has 0 saturated carbocycles. The maximum atomic E-state index is 12.8. The summed E-state index contributed by atoms with van der Waals surface area (Å²) in [7, 11) is 1.90. The van der Waals surface area contributed by atoms with Crippen LogP contribution in [0.5, 0.6) is 0 Å². The molecule has 1 aliphatic heterocycles. The number of thioether (sulfide) groups is 1. The van der Waals surface area contributed by atoms with Crippen molar-refractivity contribution in [3.8, 4) is 0 Å². The number of carbonyl (C=O) groups excluding carboxylic acids is 2. The van der Waals surface area contributed by atoms with Gasteiger partial charge in [-0.05, 0) is 67.6 Å². The van der Waals surface area contributed by atoms with E-state index < -0.39 is 0 Å². The van der Waals surface area contributed by atoms with Crippen LogP contribution in [0.1, 0.15) is 41.0 Å². The summed E-state index contributed by atoms with van der Waals surface area (Å²) in [5.74, 6) is 0.823. The summed E-state index contributed by atoms with van der Waals surface area (Å²) in [5, 5.41) is 8.88. The highest BCUT2D eigenvalue weighted by Crippen LogP contribution is 2.29. The second-order valence-corrected chi connectivity index (χ2v) is 10.6. The van der Waals surface area contributed by atoms with Crippen LogP contribution in [0.3, 0.4) is 0 Å². The van der Waals surface area contributed by atoms with Gasteiger partial charge in [-0.15, -0.1) is 11.3 Å². The molecule has 2 amide bonds. The second-order valence-electron chi connectivity index (χ2n) is 8.69. The minimum Gasteiger partial charge on any atom is -0.350 e.